The third-order valence-electron chi connectivity index (χ3n) is 7.03. The van der Waals surface area contributed by atoms with Crippen LogP contribution < -0.4 is 9.46 Å². The Morgan fingerprint density at radius 1 is 1.14 bits per heavy atom. The molecule has 1 saturated carbocycles. The summed E-state index contributed by atoms with van der Waals surface area (Å²) in [5, 5.41) is 0. The van der Waals surface area contributed by atoms with Crippen LogP contribution in [0.2, 0.25) is 0 Å². The van der Waals surface area contributed by atoms with Crippen LogP contribution in [0.3, 0.4) is 0 Å². The van der Waals surface area contributed by atoms with E-state index in [0.29, 0.717) is 30.9 Å². The molecule has 1 aliphatic carbocycles. The predicted molar refractivity (Wildman–Crippen MR) is 116 cm³/mol. The zero-order chi connectivity index (χ0) is 24.8. The van der Waals surface area contributed by atoms with Gasteiger partial charge in [0.2, 0.25) is 11.7 Å². The molecular formula is C21H26F3N5O5S. The molecule has 6 rings (SSSR count). The number of amides is 1. The molecule has 0 unspecified atom stereocenters. The second kappa shape index (κ2) is 9.21. The van der Waals surface area contributed by atoms with Gasteiger partial charge in [0.15, 0.2) is 6.61 Å². The van der Waals surface area contributed by atoms with Crippen LogP contribution in [-0.2, 0) is 19.6 Å². The fraction of sp³-hybridized carbons (Fsp3) is 0.667. The van der Waals surface area contributed by atoms with Crippen molar-refractivity contribution in [2.45, 2.75) is 68.1 Å². The van der Waals surface area contributed by atoms with Gasteiger partial charge in [0.25, 0.3) is 5.91 Å². The summed E-state index contributed by atoms with van der Waals surface area (Å²) in [6.07, 6.45) is 8.66. The Kier molecular flexibility index (Phi) is 6.38. The van der Waals surface area contributed by atoms with Crippen LogP contribution in [0.5, 0.6) is 5.88 Å². The van der Waals surface area contributed by atoms with Crippen LogP contribution in [0.25, 0.3) is 5.78 Å². The maximum atomic E-state index is 13.2. The highest BCUT2D eigenvalue weighted by Gasteiger charge is 2.49. The average molecular weight is 518 g/mol. The lowest BCUT2D eigenvalue weighted by molar-refractivity contribution is -0.140. The number of alkyl halides is 3. The van der Waals surface area contributed by atoms with Crippen LogP contribution in [0, 0.1) is 0 Å². The molecule has 4 aliphatic rings. The number of carbonyl (C=O) groups is 1. The molecule has 1 amide bonds. The van der Waals surface area contributed by atoms with E-state index in [1.54, 1.807) is 21.5 Å². The minimum Gasteiger partial charge on any atom is -0.467 e. The molecule has 10 nitrogen and oxygen atoms in total. The van der Waals surface area contributed by atoms with Gasteiger partial charge < -0.3 is 14.4 Å². The van der Waals surface area contributed by atoms with Gasteiger partial charge in [0.05, 0.1) is 18.8 Å². The van der Waals surface area contributed by atoms with Crippen molar-refractivity contribution >= 4 is 21.7 Å². The number of hydrogen-bond acceptors (Lipinski definition) is 7. The number of ether oxygens (including phenoxy) is 2. The highest BCUT2D eigenvalue weighted by atomic mass is 32.2. The van der Waals surface area contributed by atoms with Crippen LogP contribution in [0.4, 0.5) is 13.2 Å². The third-order valence-corrected chi connectivity index (χ3v) is 8.26. The van der Waals surface area contributed by atoms with E-state index in [2.05, 4.69) is 9.97 Å². The van der Waals surface area contributed by atoms with Crippen LogP contribution in [0.1, 0.15) is 50.0 Å². The van der Waals surface area contributed by atoms with Gasteiger partial charge in [-0.15, -0.1) is 0 Å². The SMILES string of the molecule is O=C1COc2nc3nccn3cc2C2CCC(CC2)OC[C@H]2[C@@H](NS(=O)(=O)C(F)(F)F)CCCN12. The van der Waals surface area contributed by atoms with Gasteiger partial charge in [0.1, 0.15) is 0 Å². The molecule has 35 heavy (non-hydrogen) atoms. The maximum absolute atomic E-state index is 13.2. The van der Waals surface area contributed by atoms with Gasteiger partial charge >= 0.3 is 15.5 Å². The number of piperidine rings is 1. The van der Waals surface area contributed by atoms with E-state index in [0.717, 1.165) is 18.4 Å². The molecule has 2 aromatic heterocycles. The summed E-state index contributed by atoms with van der Waals surface area (Å²) in [4.78, 5) is 23.2. The van der Waals surface area contributed by atoms with E-state index in [9.17, 15) is 26.4 Å². The van der Waals surface area contributed by atoms with Gasteiger partial charge in [-0.3, -0.25) is 9.20 Å². The van der Waals surface area contributed by atoms with Gasteiger partial charge in [-0.1, -0.05) is 0 Å². The molecule has 5 heterocycles. The highest BCUT2D eigenvalue weighted by Crippen LogP contribution is 2.38. The lowest BCUT2D eigenvalue weighted by atomic mass is 9.83. The second-order valence-electron chi connectivity index (χ2n) is 9.20. The minimum atomic E-state index is -5.58. The molecule has 192 valence electrons. The topological polar surface area (TPSA) is 115 Å². The number of fused-ring (bicyclic) bond motifs is 6. The zero-order valence-electron chi connectivity index (χ0n) is 18.8. The minimum absolute atomic E-state index is 0.0643. The Morgan fingerprint density at radius 3 is 2.66 bits per heavy atom. The number of imidazole rings is 1. The molecule has 1 saturated heterocycles. The molecule has 0 radical (unpaired) electrons. The summed E-state index contributed by atoms with van der Waals surface area (Å²) >= 11 is 0. The summed E-state index contributed by atoms with van der Waals surface area (Å²) in [7, 11) is -5.58. The normalized spacial score (nSPS) is 28.4. The van der Waals surface area contributed by atoms with Crippen LogP contribution in [-0.4, -0.2) is 77.0 Å². The van der Waals surface area contributed by atoms with E-state index in [1.807, 2.05) is 6.20 Å². The molecule has 2 atom stereocenters. The van der Waals surface area contributed by atoms with Crippen molar-refractivity contribution in [1.82, 2.24) is 24.0 Å². The molecule has 0 aromatic carbocycles. The Hall–Kier alpha value is -2.45. The summed E-state index contributed by atoms with van der Waals surface area (Å²) in [5.74, 6) is 0.407. The number of hydrogen-bond donors (Lipinski definition) is 1. The van der Waals surface area contributed by atoms with Crippen molar-refractivity contribution < 1.29 is 35.9 Å². The Morgan fingerprint density at radius 2 is 1.91 bits per heavy atom. The second-order valence-corrected chi connectivity index (χ2v) is 10.9. The molecule has 2 fully saturated rings. The van der Waals surface area contributed by atoms with Crippen LogP contribution in [0.15, 0.2) is 18.6 Å². The van der Waals surface area contributed by atoms with Gasteiger partial charge in [-0.05, 0) is 44.4 Å². The van der Waals surface area contributed by atoms with Crippen molar-refractivity contribution in [1.29, 1.82) is 0 Å². The first kappa shape index (κ1) is 24.3. The molecule has 2 bridgehead atoms. The van der Waals surface area contributed by atoms with Crippen molar-refractivity contribution in [3.05, 3.63) is 24.2 Å². The highest BCUT2D eigenvalue weighted by molar-refractivity contribution is 7.90. The van der Waals surface area contributed by atoms with Crippen molar-refractivity contribution in [3.8, 4) is 5.88 Å². The zero-order valence-corrected chi connectivity index (χ0v) is 19.6. The number of sulfonamides is 1. The van der Waals surface area contributed by atoms with Crippen molar-refractivity contribution in [2.75, 3.05) is 19.8 Å². The van der Waals surface area contributed by atoms with Crippen molar-refractivity contribution in [3.63, 3.8) is 0 Å². The quantitative estimate of drug-likeness (QED) is 0.648. The van der Waals surface area contributed by atoms with Gasteiger partial charge in [-0.25, -0.2) is 18.1 Å². The number of nitrogens with one attached hydrogen (secondary N) is 1. The van der Waals surface area contributed by atoms with Crippen LogP contribution >= 0.6 is 0 Å². The third kappa shape index (κ3) is 4.83. The summed E-state index contributed by atoms with van der Waals surface area (Å²) in [6.45, 7) is -0.194. The van der Waals surface area contributed by atoms with E-state index < -0.39 is 33.5 Å². The number of rotatable bonds is 2. The molecule has 0 spiro atoms. The number of aromatic nitrogens is 3. The fourth-order valence-electron chi connectivity index (χ4n) is 5.21. The summed E-state index contributed by atoms with van der Waals surface area (Å²) in [5.41, 5.74) is -4.58. The first-order valence-electron chi connectivity index (χ1n) is 11.6. The molecular weight excluding hydrogens is 491 g/mol. The summed E-state index contributed by atoms with van der Waals surface area (Å²) < 4.78 is 78.3. The lowest BCUT2D eigenvalue weighted by Crippen LogP contribution is -2.60. The van der Waals surface area contributed by atoms with E-state index in [-0.39, 0.29) is 38.2 Å². The molecule has 2 aromatic rings. The summed E-state index contributed by atoms with van der Waals surface area (Å²) in [6, 6.07) is -2.02. The Bertz CT molecular complexity index is 1200. The van der Waals surface area contributed by atoms with Gasteiger partial charge in [0, 0.05) is 36.7 Å². The number of nitrogens with zero attached hydrogens (tertiary/aromatic N) is 4. The fourth-order valence-corrected chi connectivity index (χ4v) is 6.02. The first-order chi connectivity index (χ1) is 16.6. The first-order valence-corrected chi connectivity index (χ1v) is 13.1. The smallest absolute Gasteiger partial charge is 0.467 e. The molecule has 3 aliphatic heterocycles. The standard InChI is InChI=1S/C21H26F3N5O5S/c22-21(23,24)35(31,32)27-16-2-1-8-29-17(16)11-33-14-5-3-13(4-6-14)15-10-28-9-7-25-20(28)26-19(15)34-12-18(29)30/h7,9-10,13-14,16-17,27H,1-6,8,11-12H2/t13?,14?,16-,17-/m0/s1. The van der Waals surface area contributed by atoms with Crippen molar-refractivity contribution in [2.24, 2.45) is 0 Å². The number of halogens is 3. The Balaban J connectivity index is 1.45. The largest absolute Gasteiger partial charge is 0.511 e. The molecule has 14 heteroatoms. The van der Waals surface area contributed by atoms with E-state index >= 15 is 0 Å². The number of carbonyl (C=O) groups excluding carboxylic acids is 1. The van der Waals surface area contributed by atoms with Gasteiger partial charge in [-0.2, -0.15) is 18.2 Å². The van der Waals surface area contributed by atoms with E-state index in [4.69, 9.17) is 9.47 Å². The Labute approximate surface area is 199 Å². The van der Waals surface area contributed by atoms with E-state index in [1.165, 1.54) is 4.90 Å². The monoisotopic (exact) mass is 517 g/mol. The molecule has 1 N–H and O–H groups in total. The average Bonchev–Trinajstić information content (AvgIpc) is 3.27. The maximum Gasteiger partial charge on any atom is 0.511 e. The predicted octanol–water partition coefficient (Wildman–Crippen LogP) is 1.96. The lowest BCUT2D eigenvalue weighted by Gasteiger charge is -2.42.